The Morgan fingerprint density at radius 3 is 2.37 bits per heavy atom. The second kappa shape index (κ2) is 38.2. The number of hydrogen-bond acceptors (Lipinski definition) is 27. The van der Waals surface area contributed by atoms with Gasteiger partial charge in [0.1, 0.15) is 72.8 Å². The van der Waals surface area contributed by atoms with Gasteiger partial charge in [-0.05, 0) is 110 Å². The molecule has 0 spiro atoms. The van der Waals surface area contributed by atoms with Crippen LogP contribution >= 0.6 is 23.2 Å². The molecular formula is C67H83N13O24P3S-3. The molecule has 0 radical (unpaired) electrons. The molecule has 41 heteroatoms. The molecule has 1 fully saturated rings. The number of phosphoric acid groups is 2. The van der Waals surface area contributed by atoms with E-state index in [4.69, 9.17) is 34.0 Å². The van der Waals surface area contributed by atoms with Crippen molar-refractivity contribution in [2.24, 2.45) is 10.2 Å². The van der Waals surface area contributed by atoms with E-state index < -0.39 is 106 Å². The Labute approximate surface area is 622 Å². The number of para-hydroxylation sites is 1. The van der Waals surface area contributed by atoms with Crippen molar-refractivity contribution in [2.75, 3.05) is 90.7 Å². The van der Waals surface area contributed by atoms with E-state index in [0.29, 0.717) is 63.4 Å². The van der Waals surface area contributed by atoms with Gasteiger partial charge in [0.25, 0.3) is 27.1 Å². The van der Waals surface area contributed by atoms with Crippen molar-refractivity contribution in [1.29, 1.82) is 0 Å². The number of fused-ring (bicyclic) bond motifs is 2. The first-order chi connectivity index (χ1) is 51.2. The molecule has 108 heavy (non-hydrogen) atoms. The summed E-state index contributed by atoms with van der Waals surface area (Å²) in [5.41, 5.74) is 20.5. The number of carbonyl (C=O) groups excluding carboxylic acids is 3. The highest BCUT2D eigenvalue weighted by atomic mass is 32.2. The number of nitrogens with one attached hydrogen (secondary N) is 4. The number of rotatable bonds is 40. The zero-order valence-electron chi connectivity index (χ0n) is 59.1. The van der Waals surface area contributed by atoms with Crippen molar-refractivity contribution in [2.45, 2.75) is 107 Å². The average molecular weight is 1580 g/mol. The van der Waals surface area contributed by atoms with Gasteiger partial charge >= 0.3 is 5.69 Å². The minimum Gasteiger partial charge on any atom is -0.778 e. The number of phenolic OH excluding ortho intramolecular Hbond substituents is 1. The second-order valence-electron chi connectivity index (χ2n) is 25.4. The summed E-state index contributed by atoms with van der Waals surface area (Å²) in [6, 6.07) is 25.5. The molecule has 0 aliphatic carbocycles. The lowest BCUT2D eigenvalue weighted by atomic mass is 9.81. The predicted octanol–water partition coefficient (Wildman–Crippen LogP) is 6.15. The fraction of sp³-hybridized carbons (Fsp3) is 0.433. The molecule has 0 bridgehead atoms. The van der Waals surface area contributed by atoms with Crippen LogP contribution in [0.25, 0.3) is 20.9 Å². The average Bonchev–Trinajstić information content (AvgIpc) is 1.58. The molecule has 5 N–H and O–H groups in total. The Morgan fingerprint density at radius 1 is 0.870 bits per heavy atom. The van der Waals surface area contributed by atoms with Gasteiger partial charge in [-0.25, -0.2) is 17.5 Å². The number of aromatic hydroxyl groups is 1. The topological polar surface area (TPSA) is 527 Å². The molecule has 1 aromatic heterocycles. The monoisotopic (exact) mass is 1580 g/mol. The number of phosphoric ester groups is 1. The van der Waals surface area contributed by atoms with Crippen LogP contribution in [0.3, 0.4) is 0 Å². The van der Waals surface area contributed by atoms with E-state index in [0.717, 1.165) is 33.5 Å². The molecule has 3 aliphatic rings. The van der Waals surface area contributed by atoms with Crippen LogP contribution in [0.5, 0.6) is 17.2 Å². The Kier molecular flexibility index (Phi) is 29.8. The number of nitrogens with zero attached hydrogens (tertiary/aromatic N) is 9. The molecule has 3 aliphatic heterocycles. The van der Waals surface area contributed by atoms with Crippen LogP contribution in [-0.4, -0.2) is 160 Å². The predicted molar refractivity (Wildman–Crippen MR) is 385 cm³/mol. The van der Waals surface area contributed by atoms with Gasteiger partial charge in [0, 0.05) is 105 Å². The molecule has 5 aromatic rings. The van der Waals surface area contributed by atoms with Crippen LogP contribution < -0.4 is 56.3 Å². The Morgan fingerprint density at radius 2 is 1.63 bits per heavy atom. The van der Waals surface area contributed by atoms with Crippen molar-refractivity contribution >= 4 is 68.2 Å². The van der Waals surface area contributed by atoms with Crippen LogP contribution in [0.1, 0.15) is 102 Å². The van der Waals surface area contributed by atoms with Crippen molar-refractivity contribution in [3.8, 4) is 29.1 Å². The van der Waals surface area contributed by atoms with Crippen LogP contribution in [0, 0.1) is 11.8 Å². The van der Waals surface area contributed by atoms with Crippen molar-refractivity contribution in [3.63, 3.8) is 0 Å². The van der Waals surface area contributed by atoms with Gasteiger partial charge in [-0.3, -0.25) is 42.2 Å². The number of phenols is 1. The lowest BCUT2D eigenvalue weighted by Crippen LogP contribution is -2.34. The summed E-state index contributed by atoms with van der Waals surface area (Å²) < 4.78 is 121. The van der Waals surface area contributed by atoms with Gasteiger partial charge in [0.05, 0.1) is 49.4 Å². The first kappa shape index (κ1) is 84.3. The number of amides is 3. The third kappa shape index (κ3) is 24.4. The summed E-state index contributed by atoms with van der Waals surface area (Å²) in [4.78, 5) is 109. The first-order valence-corrected chi connectivity index (χ1v) is 39.8. The standard InChI is InChI=1S/C67H82N13O24P3S.2H2/c1-66(2)51-18-8-9-19-53(51)79(33-14-34-97-48-25-23-47(81)24-26-48)57(66)20-12-21-58-67(3,4)52-38-50(108(93,94)95)27-28-54(52)78(58)32-10-6-7-22-59(82)71-30-31-72-63(84)45-15-11-17-49(37-45)99-43-61(75-77-69)98-36-35-96-42-60(83)70-29-13-16-46-40-80(65(86)74-64(46)85)62-39-55(100-44-73-76-68)56(102-62)41-101-106(89,90)104-107(91,92)103-105(5,87)88;;/h8-9,11-12,15,17-21,23-28,37-38,40,55-56,61-62H,6-7,10,14,22,29-36,39,41-44H2,1-5H3,(H8-,70,71,72,74,81,82,83,84,85,86,87,88,89,90,91,92,93,94,95);2*1H/p-3. The lowest BCUT2D eigenvalue weighted by Gasteiger charge is -2.34. The number of aromatic nitrogens is 2. The fourth-order valence-electron chi connectivity index (χ4n) is 11.9. The number of ether oxygens (including phenoxy) is 6. The highest BCUT2D eigenvalue weighted by molar-refractivity contribution is 7.85. The third-order valence-corrected chi connectivity index (χ3v) is 21.7. The van der Waals surface area contributed by atoms with E-state index in [2.05, 4.69) is 103 Å². The number of H-pyrrole nitrogens is 1. The first-order valence-electron chi connectivity index (χ1n) is 33.5. The SMILES string of the molecule is CC1(C)C(/C=C/C=C2/N(CCCCCC(=O)NCCNC(=O)c3cccc(OCC(N=[N+]=[N-])OCCOCC(=O)NCC#Cc4cn(C5CC(OCN=[N+]=[N-])C(COP(=O)([O-])OP(=O)([O-])OP(C)(=O)[O-])O5)c(=O)[nH]c4=O)c3)c3ccc(S(=O)(=O)[O-])cc3C2(C)C)=[N+](CCCOc2ccc(O)cc2)c2ccccc21.[HH].[HH]. The summed E-state index contributed by atoms with van der Waals surface area (Å²) >= 11 is 0. The molecule has 3 amide bonds. The van der Waals surface area contributed by atoms with E-state index in [1.54, 1.807) is 48.5 Å². The van der Waals surface area contributed by atoms with E-state index in [9.17, 15) is 76.0 Å². The Bertz CT molecular complexity index is 4770. The number of anilines is 1. The summed E-state index contributed by atoms with van der Waals surface area (Å²) in [5, 5.41) is 24.5. The molecular weight excluding hydrogens is 1500 g/mol. The fourth-order valence-corrected chi connectivity index (χ4v) is 15.7. The quantitative estimate of drug-likeness (QED) is 0.00428. The van der Waals surface area contributed by atoms with Crippen LogP contribution in [0.2, 0.25) is 0 Å². The van der Waals surface area contributed by atoms with Crippen LogP contribution in [-0.2, 0) is 76.3 Å². The summed E-state index contributed by atoms with van der Waals surface area (Å²) in [5.74, 6) is 4.73. The lowest BCUT2D eigenvalue weighted by molar-refractivity contribution is -0.438. The molecule has 7 unspecified atom stereocenters. The van der Waals surface area contributed by atoms with Gasteiger partial charge in [-0.2, -0.15) is 4.58 Å². The van der Waals surface area contributed by atoms with E-state index in [1.165, 1.54) is 23.8 Å². The smallest absolute Gasteiger partial charge is 0.330 e. The number of benzene rings is 4. The number of aromatic amines is 1. The van der Waals surface area contributed by atoms with Gasteiger partial charge in [-0.15, -0.1) is 0 Å². The van der Waals surface area contributed by atoms with Crippen LogP contribution in [0.4, 0.5) is 11.4 Å². The minimum absolute atomic E-state index is 0. The Balaban J connectivity index is 0.00000945. The van der Waals surface area contributed by atoms with Gasteiger partial charge in [0.15, 0.2) is 18.5 Å². The maximum absolute atomic E-state index is 13.1. The number of unbranched alkanes of at least 4 members (excludes halogenated alkanes) is 2. The highest BCUT2D eigenvalue weighted by Crippen LogP contribution is 2.62. The van der Waals surface area contributed by atoms with Crippen molar-refractivity contribution in [1.82, 2.24) is 25.5 Å². The number of allylic oxidation sites excluding steroid dienone is 4. The van der Waals surface area contributed by atoms with Crippen molar-refractivity contribution < 1.29 is 110 Å². The maximum Gasteiger partial charge on any atom is 0.330 e. The number of carbonyl (C=O) groups is 3. The van der Waals surface area contributed by atoms with Crippen molar-refractivity contribution in [3.05, 3.63) is 185 Å². The Hall–Kier alpha value is -9.30. The van der Waals surface area contributed by atoms with E-state index in [1.807, 2.05) is 43.1 Å². The second-order valence-corrected chi connectivity index (χ2v) is 31.7. The van der Waals surface area contributed by atoms with Crippen LogP contribution in [0.15, 0.2) is 146 Å². The molecule has 4 aromatic carbocycles. The molecule has 7 atom stereocenters. The zero-order valence-corrected chi connectivity index (χ0v) is 62.6. The minimum atomic E-state index is -6.00. The van der Waals surface area contributed by atoms with Gasteiger partial charge in [0.2, 0.25) is 17.5 Å². The highest BCUT2D eigenvalue weighted by Gasteiger charge is 2.45. The number of hydrogen-bond donors (Lipinski definition) is 5. The summed E-state index contributed by atoms with van der Waals surface area (Å²) in [7, 11) is -21.6. The summed E-state index contributed by atoms with van der Waals surface area (Å²) in [6.45, 7) is 7.47. The van der Waals surface area contributed by atoms with E-state index in [-0.39, 0.29) is 94.0 Å². The van der Waals surface area contributed by atoms with Gasteiger partial charge < -0.3 is 82.7 Å². The third-order valence-electron chi connectivity index (χ3n) is 16.9. The molecule has 8 rings (SSSR count). The molecule has 37 nitrogen and oxygen atoms in total. The molecule has 0 saturated carbocycles. The number of azide groups is 2. The zero-order chi connectivity index (χ0) is 78.5. The normalized spacial score (nSPS) is 18.6. The molecule has 1 saturated heterocycles. The molecule has 584 valence electrons. The largest absolute Gasteiger partial charge is 0.778 e. The molecule has 4 heterocycles. The van der Waals surface area contributed by atoms with Gasteiger partial charge in [-0.1, -0.05) is 72.7 Å². The van der Waals surface area contributed by atoms with E-state index >= 15 is 0 Å². The summed E-state index contributed by atoms with van der Waals surface area (Å²) in [6.07, 6.45) is 4.50. The maximum atomic E-state index is 13.1.